The molecule has 0 amide bonds. The minimum Gasteiger partial charge on any atom is -0.489 e. The van der Waals surface area contributed by atoms with E-state index in [0.717, 1.165) is 22.2 Å². The molecule has 3 aromatic rings. The number of piperidine rings is 1. The summed E-state index contributed by atoms with van der Waals surface area (Å²) in [5, 5.41) is 13.2. The molecule has 0 aliphatic carbocycles. The Labute approximate surface area is 186 Å². The van der Waals surface area contributed by atoms with E-state index in [2.05, 4.69) is 15.0 Å². The van der Waals surface area contributed by atoms with Crippen LogP contribution in [0.3, 0.4) is 0 Å². The SMILES string of the molecule is Cc1cc(COc2ccc(S(=O)(=O)NC3CCCN[C@@H]3C(=O)O)cc2)c2ccccc2n1. The number of aryl methyl sites for hydroxylation is 1. The van der Waals surface area contributed by atoms with Crippen molar-refractivity contribution in [2.24, 2.45) is 0 Å². The number of ether oxygens (including phenoxy) is 1. The van der Waals surface area contributed by atoms with Crippen LogP contribution in [0.15, 0.2) is 59.5 Å². The summed E-state index contributed by atoms with van der Waals surface area (Å²) in [7, 11) is -3.86. The number of hydrogen-bond acceptors (Lipinski definition) is 6. The Morgan fingerprint density at radius 1 is 1.22 bits per heavy atom. The van der Waals surface area contributed by atoms with Gasteiger partial charge in [0.05, 0.1) is 10.4 Å². The molecule has 0 saturated carbocycles. The van der Waals surface area contributed by atoms with Gasteiger partial charge in [0.25, 0.3) is 0 Å². The van der Waals surface area contributed by atoms with E-state index in [1.807, 2.05) is 37.3 Å². The molecule has 0 radical (unpaired) electrons. The number of benzene rings is 2. The number of aromatic nitrogens is 1. The molecular weight excluding hydrogens is 430 g/mol. The Hall–Kier alpha value is -3.01. The highest BCUT2D eigenvalue weighted by atomic mass is 32.2. The van der Waals surface area contributed by atoms with E-state index >= 15 is 0 Å². The Morgan fingerprint density at radius 2 is 1.97 bits per heavy atom. The summed E-state index contributed by atoms with van der Waals surface area (Å²) in [4.78, 5) is 16.0. The highest BCUT2D eigenvalue weighted by Crippen LogP contribution is 2.22. The van der Waals surface area contributed by atoms with Crippen LogP contribution in [0.2, 0.25) is 0 Å². The molecule has 32 heavy (non-hydrogen) atoms. The van der Waals surface area contributed by atoms with E-state index in [4.69, 9.17) is 4.74 Å². The molecule has 1 aliphatic heterocycles. The van der Waals surface area contributed by atoms with Crippen molar-refractivity contribution in [3.8, 4) is 5.75 Å². The second kappa shape index (κ2) is 9.23. The van der Waals surface area contributed by atoms with Crippen LogP contribution in [0.4, 0.5) is 0 Å². The zero-order valence-corrected chi connectivity index (χ0v) is 18.4. The molecule has 4 rings (SSSR count). The van der Waals surface area contributed by atoms with Crippen molar-refractivity contribution < 1.29 is 23.1 Å². The fourth-order valence-electron chi connectivity index (χ4n) is 3.93. The first-order valence-corrected chi connectivity index (χ1v) is 11.9. The first-order chi connectivity index (χ1) is 15.3. The van der Waals surface area contributed by atoms with Crippen LogP contribution in [0, 0.1) is 6.92 Å². The molecule has 1 saturated heterocycles. The van der Waals surface area contributed by atoms with Crippen LogP contribution in [0.25, 0.3) is 10.9 Å². The lowest BCUT2D eigenvalue weighted by molar-refractivity contribution is -0.140. The zero-order chi connectivity index (χ0) is 22.7. The van der Waals surface area contributed by atoms with Gasteiger partial charge in [-0.25, -0.2) is 13.1 Å². The Kier molecular flexibility index (Phi) is 6.40. The number of carbonyl (C=O) groups is 1. The number of para-hydroxylation sites is 1. The number of carboxylic acids is 1. The summed E-state index contributed by atoms with van der Waals surface area (Å²) in [6, 6.07) is 14.3. The summed E-state index contributed by atoms with van der Waals surface area (Å²) < 4.78 is 33.9. The predicted octanol–water partition coefficient (Wildman–Crippen LogP) is 2.61. The van der Waals surface area contributed by atoms with Crippen molar-refractivity contribution in [2.45, 2.75) is 43.4 Å². The molecule has 2 heterocycles. The van der Waals surface area contributed by atoms with Gasteiger partial charge < -0.3 is 15.2 Å². The third-order valence-electron chi connectivity index (χ3n) is 5.49. The molecular formula is C23H25N3O5S. The quantitative estimate of drug-likeness (QED) is 0.501. The molecule has 9 heteroatoms. The van der Waals surface area contributed by atoms with Crippen molar-refractivity contribution in [1.29, 1.82) is 0 Å². The molecule has 1 aromatic heterocycles. The lowest BCUT2D eigenvalue weighted by atomic mass is 10.00. The standard InChI is InChI=1S/C23H25N3O5S/c1-15-13-16(19-5-2-3-6-20(19)25-15)14-31-17-8-10-18(11-9-17)32(29,30)26-21-7-4-12-24-22(21)23(27)28/h2-3,5-6,8-11,13,21-22,24,26H,4,7,12,14H2,1H3,(H,27,28)/t21?,22-/m0/s1. The van der Waals surface area contributed by atoms with E-state index in [0.29, 0.717) is 31.7 Å². The Bertz CT molecular complexity index is 1230. The van der Waals surface area contributed by atoms with Crippen LogP contribution >= 0.6 is 0 Å². The van der Waals surface area contributed by atoms with E-state index in [1.165, 1.54) is 12.1 Å². The summed E-state index contributed by atoms with van der Waals surface area (Å²) in [6.45, 7) is 2.80. The van der Waals surface area contributed by atoms with Crippen molar-refractivity contribution in [2.75, 3.05) is 6.54 Å². The summed E-state index contributed by atoms with van der Waals surface area (Å²) in [6.07, 6.45) is 1.16. The first-order valence-electron chi connectivity index (χ1n) is 10.4. The number of hydrogen-bond donors (Lipinski definition) is 3. The molecule has 2 atom stereocenters. The molecule has 0 spiro atoms. The number of fused-ring (bicyclic) bond motifs is 1. The van der Waals surface area contributed by atoms with Crippen molar-refractivity contribution >= 4 is 26.9 Å². The molecule has 1 fully saturated rings. The summed E-state index contributed by atoms with van der Waals surface area (Å²) in [5.74, 6) is -0.537. The van der Waals surface area contributed by atoms with E-state index in [9.17, 15) is 18.3 Å². The molecule has 2 aromatic carbocycles. The van der Waals surface area contributed by atoms with Gasteiger partial charge in [0.15, 0.2) is 0 Å². The van der Waals surface area contributed by atoms with Gasteiger partial charge in [-0.1, -0.05) is 18.2 Å². The fourth-order valence-corrected chi connectivity index (χ4v) is 5.22. The van der Waals surface area contributed by atoms with Gasteiger partial charge in [-0.2, -0.15) is 0 Å². The van der Waals surface area contributed by atoms with E-state index in [-0.39, 0.29) is 4.90 Å². The predicted molar refractivity (Wildman–Crippen MR) is 120 cm³/mol. The lowest BCUT2D eigenvalue weighted by Gasteiger charge is -2.30. The van der Waals surface area contributed by atoms with E-state index in [1.54, 1.807) is 12.1 Å². The number of rotatable bonds is 7. The molecule has 3 N–H and O–H groups in total. The minimum absolute atomic E-state index is 0.0600. The maximum atomic E-state index is 12.8. The monoisotopic (exact) mass is 455 g/mol. The van der Waals surface area contributed by atoms with Crippen LogP contribution in [-0.4, -0.2) is 43.1 Å². The van der Waals surface area contributed by atoms with Gasteiger partial charge in [-0.05, 0) is 62.7 Å². The first kappa shape index (κ1) is 22.2. The van der Waals surface area contributed by atoms with Crippen molar-refractivity contribution in [3.05, 3.63) is 65.9 Å². The second-order valence-corrected chi connectivity index (χ2v) is 9.55. The highest BCUT2D eigenvalue weighted by Gasteiger charge is 2.33. The average molecular weight is 456 g/mol. The van der Waals surface area contributed by atoms with Gasteiger partial charge in [-0.3, -0.25) is 9.78 Å². The normalized spacial score (nSPS) is 19.0. The van der Waals surface area contributed by atoms with Crippen molar-refractivity contribution in [1.82, 2.24) is 15.0 Å². The van der Waals surface area contributed by atoms with Gasteiger partial charge >= 0.3 is 5.97 Å². The van der Waals surface area contributed by atoms with Gasteiger partial charge in [0.1, 0.15) is 18.4 Å². The maximum Gasteiger partial charge on any atom is 0.322 e. The third-order valence-corrected chi connectivity index (χ3v) is 7.00. The Morgan fingerprint density at radius 3 is 2.72 bits per heavy atom. The van der Waals surface area contributed by atoms with Crippen LogP contribution < -0.4 is 14.8 Å². The summed E-state index contributed by atoms with van der Waals surface area (Å²) >= 11 is 0. The van der Waals surface area contributed by atoms with Crippen LogP contribution in [-0.2, 0) is 21.4 Å². The molecule has 8 nitrogen and oxygen atoms in total. The largest absolute Gasteiger partial charge is 0.489 e. The minimum atomic E-state index is -3.86. The smallest absolute Gasteiger partial charge is 0.322 e. The fraction of sp³-hybridized carbons (Fsp3) is 0.304. The summed E-state index contributed by atoms with van der Waals surface area (Å²) in [5.41, 5.74) is 2.79. The molecule has 1 unspecified atom stereocenters. The zero-order valence-electron chi connectivity index (χ0n) is 17.6. The molecule has 168 valence electrons. The van der Waals surface area contributed by atoms with Gasteiger partial charge in [-0.15, -0.1) is 0 Å². The number of sulfonamides is 1. The van der Waals surface area contributed by atoms with Gasteiger partial charge in [0.2, 0.25) is 10.0 Å². The van der Waals surface area contributed by atoms with Crippen molar-refractivity contribution in [3.63, 3.8) is 0 Å². The number of pyridine rings is 1. The number of aliphatic carboxylic acids is 1. The van der Waals surface area contributed by atoms with Gasteiger partial charge in [0, 0.05) is 22.7 Å². The topological polar surface area (TPSA) is 118 Å². The second-order valence-electron chi connectivity index (χ2n) is 7.84. The number of nitrogens with one attached hydrogen (secondary N) is 2. The Balaban J connectivity index is 1.46. The van der Waals surface area contributed by atoms with E-state index < -0.39 is 28.1 Å². The number of nitrogens with zero attached hydrogens (tertiary/aromatic N) is 1. The van der Waals surface area contributed by atoms with Crippen LogP contribution in [0.1, 0.15) is 24.1 Å². The highest BCUT2D eigenvalue weighted by molar-refractivity contribution is 7.89. The lowest BCUT2D eigenvalue weighted by Crippen LogP contribution is -2.56. The van der Waals surface area contributed by atoms with Crippen LogP contribution in [0.5, 0.6) is 5.75 Å². The average Bonchev–Trinajstić information content (AvgIpc) is 2.77. The molecule has 1 aliphatic rings. The maximum absolute atomic E-state index is 12.8. The number of carboxylic acid groups (broad SMARTS) is 1. The molecule has 0 bridgehead atoms. The third kappa shape index (κ3) is 4.90.